The number of nitrogens with zero attached hydrogens (tertiary/aromatic N) is 4. The summed E-state index contributed by atoms with van der Waals surface area (Å²) in [4.78, 5) is 27.3. The van der Waals surface area contributed by atoms with E-state index in [-0.39, 0.29) is 11.6 Å². The van der Waals surface area contributed by atoms with Crippen LogP contribution in [-0.2, 0) is 4.79 Å². The summed E-state index contributed by atoms with van der Waals surface area (Å²) in [6.45, 7) is 0. The molecule has 0 N–H and O–H groups in total. The summed E-state index contributed by atoms with van der Waals surface area (Å²) in [7, 11) is 0. The number of hydrogen-bond acceptors (Lipinski definition) is 4. The van der Waals surface area contributed by atoms with E-state index in [0.29, 0.717) is 17.6 Å². The van der Waals surface area contributed by atoms with Crippen molar-refractivity contribution in [2.75, 3.05) is 0 Å². The van der Waals surface area contributed by atoms with Gasteiger partial charge in [-0.25, -0.2) is 15.0 Å². The van der Waals surface area contributed by atoms with Gasteiger partial charge in [0.15, 0.2) is 11.5 Å². The molecule has 5 heteroatoms. The second kappa shape index (κ2) is 2.67. The standard InChI is InChI=1S/C9H8N4O/c14-9-6-8(11-4-10-6)12-7(13-9)5-2-1-3-5/h4-5H,1-3H2. The monoisotopic (exact) mass is 188 g/mol. The molecule has 0 aromatic rings. The van der Waals surface area contributed by atoms with E-state index in [1.54, 1.807) is 0 Å². The zero-order chi connectivity index (χ0) is 9.54. The van der Waals surface area contributed by atoms with E-state index in [2.05, 4.69) is 20.0 Å². The molecular weight excluding hydrogens is 180 g/mol. The highest BCUT2D eigenvalue weighted by molar-refractivity contribution is 6.71. The molecule has 0 atom stereocenters. The number of amidine groups is 2. The zero-order valence-corrected chi connectivity index (χ0v) is 7.47. The van der Waals surface area contributed by atoms with Crippen molar-refractivity contribution in [1.82, 2.24) is 0 Å². The summed E-state index contributed by atoms with van der Waals surface area (Å²) >= 11 is 0. The summed E-state index contributed by atoms with van der Waals surface area (Å²) in [6.07, 6.45) is 4.72. The Bertz CT molecular complexity index is 426. The highest BCUT2D eigenvalue weighted by Crippen LogP contribution is 2.29. The lowest BCUT2D eigenvalue weighted by Gasteiger charge is -2.25. The predicted octanol–water partition coefficient (Wildman–Crippen LogP) is 0.607. The molecule has 0 radical (unpaired) electrons. The molecule has 3 rings (SSSR count). The highest BCUT2D eigenvalue weighted by Gasteiger charge is 2.31. The average Bonchev–Trinajstić information content (AvgIpc) is 2.48. The minimum atomic E-state index is -0.297. The number of carbonyl (C=O) groups is 1. The maximum atomic E-state index is 11.5. The molecule has 0 aromatic heterocycles. The molecule has 3 aliphatic rings. The van der Waals surface area contributed by atoms with Gasteiger partial charge in [-0.05, 0) is 12.8 Å². The van der Waals surface area contributed by atoms with Crippen molar-refractivity contribution in [3.05, 3.63) is 0 Å². The van der Waals surface area contributed by atoms with Crippen molar-refractivity contribution in [3.8, 4) is 0 Å². The zero-order valence-electron chi connectivity index (χ0n) is 7.47. The molecule has 0 spiro atoms. The van der Waals surface area contributed by atoms with E-state index in [1.165, 1.54) is 12.8 Å². The van der Waals surface area contributed by atoms with Gasteiger partial charge in [0.25, 0.3) is 0 Å². The van der Waals surface area contributed by atoms with Crippen LogP contribution in [0.1, 0.15) is 19.3 Å². The molecule has 2 aliphatic heterocycles. The fraction of sp³-hybridized carbons (Fsp3) is 0.444. The number of carbonyl (C=O) groups excluding carboxylic acids is 1. The number of rotatable bonds is 1. The van der Waals surface area contributed by atoms with Gasteiger partial charge < -0.3 is 0 Å². The van der Waals surface area contributed by atoms with E-state index in [9.17, 15) is 4.79 Å². The first kappa shape index (κ1) is 7.73. The van der Waals surface area contributed by atoms with Crippen LogP contribution in [0.3, 0.4) is 0 Å². The van der Waals surface area contributed by atoms with Gasteiger partial charge in [-0.3, -0.25) is 4.79 Å². The molecule has 70 valence electrons. The lowest BCUT2D eigenvalue weighted by atomic mass is 9.84. The van der Waals surface area contributed by atoms with Crippen molar-refractivity contribution >= 4 is 29.6 Å². The van der Waals surface area contributed by atoms with Crippen molar-refractivity contribution in [1.29, 1.82) is 0 Å². The van der Waals surface area contributed by atoms with Gasteiger partial charge in [0.2, 0.25) is 0 Å². The van der Waals surface area contributed by atoms with Crippen molar-refractivity contribution in [3.63, 3.8) is 0 Å². The van der Waals surface area contributed by atoms with Crippen LogP contribution in [-0.4, -0.2) is 29.6 Å². The smallest absolute Gasteiger partial charge is 0.265 e. The Kier molecular flexibility index (Phi) is 1.47. The number of aliphatic imine (C=N–C) groups is 4. The highest BCUT2D eigenvalue weighted by atomic mass is 16.1. The van der Waals surface area contributed by atoms with E-state index in [4.69, 9.17) is 0 Å². The Labute approximate surface area is 80.4 Å². The molecule has 1 fully saturated rings. The third kappa shape index (κ3) is 0.982. The van der Waals surface area contributed by atoms with Gasteiger partial charge in [-0.2, -0.15) is 4.99 Å². The van der Waals surface area contributed by atoms with Crippen LogP contribution in [0.4, 0.5) is 0 Å². The van der Waals surface area contributed by atoms with Gasteiger partial charge in [0, 0.05) is 5.92 Å². The maximum Gasteiger partial charge on any atom is 0.301 e. The first-order valence-corrected chi connectivity index (χ1v) is 4.67. The quantitative estimate of drug-likeness (QED) is 0.594. The van der Waals surface area contributed by atoms with Crippen molar-refractivity contribution in [2.45, 2.75) is 19.3 Å². The first-order chi connectivity index (χ1) is 6.84. The Balaban J connectivity index is 1.97. The fourth-order valence-corrected chi connectivity index (χ4v) is 1.63. The molecule has 14 heavy (non-hydrogen) atoms. The summed E-state index contributed by atoms with van der Waals surface area (Å²) in [5, 5.41) is 0. The molecule has 2 heterocycles. The molecule has 1 saturated carbocycles. The minimum absolute atomic E-state index is 0.285. The van der Waals surface area contributed by atoms with Crippen LogP contribution in [0.15, 0.2) is 20.0 Å². The summed E-state index contributed by atoms with van der Waals surface area (Å²) in [6, 6.07) is 0. The third-order valence-corrected chi connectivity index (χ3v) is 2.69. The van der Waals surface area contributed by atoms with Crippen LogP contribution in [0.5, 0.6) is 0 Å². The fourth-order valence-electron chi connectivity index (χ4n) is 1.63. The maximum absolute atomic E-state index is 11.5. The third-order valence-electron chi connectivity index (χ3n) is 2.69. The molecular formula is C9H8N4O. The molecule has 0 saturated heterocycles. The summed E-state index contributed by atoms with van der Waals surface area (Å²) in [5.41, 5.74) is 0.285. The normalized spacial score (nSPS) is 25.1. The van der Waals surface area contributed by atoms with Crippen molar-refractivity contribution in [2.24, 2.45) is 25.9 Å². The minimum Gasteiger partial charge on any atom is -0.265 e. The van der Waals surface area contributed by atoms with E-state index in [0.717, 1.165) is 12.8 Å². The lowest BCUT2D eigenvalue weighted by molar-refractivity contribution is -0.111. The molecule has 0 bridgehead atoms. The van der Waals surface area contributed by atoms with E-state index < -0.39 is 0 Å². The van der Waals surface area contributed by atoms with Crippen molar-refractivity contribution < 1.29 is 4.79 Å². The number of amides is 1. The summed E-state index contributed by atoms with van der Waals surface area (Å²) in [5.74, 6) is 1.15. The van der Waals surface area contributed by atoms with Gasteiger partial charge in [-0.1, -0.05) is 6.42 Å². The molecule has 5 nitrogen and oxygen atoms in total. The largest absolute Gasteiger partial charge is 0.301 e. The Morgan fingerprint density at radius 1 is 1.29 bits per heavy atom. The second-order valence-electron chi connectivity index (χ2n) is 3.56. The Hall–Kier alpha value is -1.65. The summed E-state index contributed by atoms with van der Waals surface area (Å²) < 4.78 is 0. The van der Waals surface area contributed by atoms with E-state index >= 15 is 0 Å². The predicted molar refractivity (Wildman–Crippen MR) is 53.1 cm³/mol. The first-order valence-electron chi connectivity index (χ1n) is 4.67. The molecule has 1 amide bonds. The van der Waals surface area contributed by atoms with Crippen LogP contribution in [0, 0.1) is 5.92 Å². The van der Waals surface area contributed by atoms with Gasteiger partial charge in [-0.15, -0.1) is 0 Å². The average molecular weight is 188 g/mol. The molecule has 1 aliphatic carbocycles. The number of hydrogen-bond donors (Lipinski definition) is 0. The molecule has 0 unspecified atom stereocenters. The van der Waals surface area contributed by atoms with Gasteiger partial charge in [0.05, 0.1) is 0 Å². The Morgan fingerprint density at radius 2 is 2.14 bits per heavy atom. The van der Waals surface area contributed by atoms with Crippen LogP contribution < -0.4 is 0 Å². The number of fused-ring (bicyclic) bond motifs is 1. The second-order valence-corrected chi connectivity index (χ2v) is 3.56. The van der Waals surface area contributed by atoms with E-state index in [1.807, 2.05) is 0 Å². The molecule has 0 aromatic carbocycles. The van der Waals surface area contributed by atoms with Crippen LogP contribution in [0.2, 0.25) is 0 Å². The topological polar surface area (TPSA) is 66.5 Å². The van der Waals surface area contributed by atoms with Gasteiger partial charge in [0.1, 0.15) is 12.2 Å². The lowest BCUT2D eigenvalue weighted by Crippen LogP contribution is -2.31. The van der Waals surface area contributed by atoms with Crippen LogP contribution in [0.25, 0.3) is 0 Å². The van der Waals surface area contributed by atoms with Crippen LogP contribution >= 0.6 is 0 Å². The van der Waals surface area contributed by atoms with Gasteiger partial charge >= 0.3 is 5.91 Å². The Morgan fingerprint density at radius 3 is 2.86 bits per heavy atom. The SMILES string of the molecule is O=C1N=C(C2CCC2)N=C2N=CN=C12.